The van der Waals surface area contributed by atoms with Gasteiger partial charge >= 0.3 is 0 Å². The molecule has 0 radical (unpaired) electrons. The van der Waals surface area contributed by atoms with Gasteiger partial charge in [0.2, 0.25) is 5.91 Å². The van der Waals surface area contributed by atoms with Gasteiger partial charge in [-0.05, 0) is 87.8 Å². The van der Waals surface area contributed by atoms with Gasteiger partial charge in [-0.1, -0.05) is 12.8 Å². The van der Waals surface area contributed by atoms with Crippen LogP contribution in [0.5, 0.6) is 5.75 Å². The van der Waals surface area contributed by atoms with Crippen molar-refractivity contribution in [2.45, 2.75) is 68.9 Å². The van der Waals surface area contributed by atoms with Crippen molar-refractivity contribution in [1.82, 2.24) is 10.2 Å². The second-order valence-electron chi connectivity index (χ2n) is 9.36. The molecule has 152 valence electrons. The van der Waals surface area contributed by atoms with E-state index < -0.39 is 0 Å². The Morgan fingerprint density at radius 2 is 2.14 bits per heavy atom. The number of rotatable bonds is 3. The molecule has 28 heavy (non-hydrogen) atoms. The smallest absolute Gasteiger partial charge is 0.241 e. The van der Waals surface area contributed by atoms with Gasteiger partial charge in [-0.2, -0.15) is 0 Å². The lowest BCUT2D eigenvalue weighted by Gasteiger charge is -2.58. The Balaban J connectivity index is 1.53. The molecule has 5 nitrogen and oxygen atoms in total. The number of piperidine rings is 1. The molecule has 4 aliphatic rings. The number of anilines is 1. The fourth-order valence-electron chi connectivity index (χ4n) is 6.63. The first-order valence-corrected chi connectivity index (χ1v) is 11.1. The lowest BCUT2D eigenvalue weighted by atomic mass is 9.52. The summed E-state index contributed by atoms with van der Waals surface area (Å²) in [7, 11) is 4.02. The molecule has 2 aliphatic heterocycles. The molecule has 1 unspecified atom stereocenters. The van der Waals surface area contributed by atoms with Crippen molar-refractivity contribution in [3.05, 3.63) is 23.3 Å². The summed E-state index contributed by atoms with van der Waals surface area (Å²) in [5.41, 5.74) is 4.08. The normalized spacial score (nSPS) is 34.4. The van der Waals surface area contributed by atoms with Crippen molar-refractivity contribution in [2.24, 2.45) is 5.92 Å². The van der Waals surface area contributed by atoms with Crippen molar-refractivity contribution >= 4 is 11.6 Å². The summed E-state index contributed by atoms with van der Waals surface area (Å²) in [6.45, 7) is 2.12. The van der Waals surface area contributed by atoms with Crippen LogP contribution in [0.25, 0.3) is 0 Å². The number of ether oxygens (including phenoxy) is 1. The predicted molar refractivity (Wildman–Crippen MR) is 111 cm³/mol. The molecule has 5 rings (SSSR count). The van der Waals surface area contributed by atoms with E-state index in [9.17, 15) is 4.79 Å². The van der Waals surface area contributed by atoms with Gasteiger partial charge in [0.25, 0.3) is 0 Å². The summed E-state index contributed by atoms with van der Waals surface area (Å²) >= 11 is 0. The Morgan fingerprint density at radius 1 is 1.25 bits per heavy atom. The van der Waals surface area contributed by atoms with Crippen LogP contribution in [0.3, 0.4) is 0 Å². The molecule has 0 spiro atoms. The highest BCUT2D eigenvalue weighted by Crippen LogP contribution is 2.56. The van der Waals surface area contributed by atoms with E-state index in [0.717, 1.165) is 43.2 Å². The molecule has 1 amide bonds. The zero-order chi connectivity index (χ0) is 19.3. The molecule has 5 heteroatoms. The SMILES string of the molecule is COc1cc2c(cc1NC(=O)[C@@H]1CCCN1)C[C@H]1C3CCCC[C@@]23CCN1C. The van der Waals surface area contributed by atoms with Gasteiger partial charge < -0.3 is 20.3 Å². The van der Waals surface area contributed by atoms with Gasteiger partial charge in [0.1, 0.15) is 5.75 Å². The molecule has 2 N–H and O–H groups in total. The lowest BCUT2D eigenvalue weighted by Crippen LogP contribution is -2.59. The van der Waals surface area contributed by atoms with E-state index in [1.54, 1.807) is 7.11 Å². The number of likely N-dealkylation sites (tertiary alicyclic amines) is 1. The van der Waals surface area contributed by atoms with Gasteiger partial charge in [0.15, 0.2) is 0 Å². The number of carbonyl (C=O) groups is 1. The van der Waals surface area contributed by atoms with Crippen LogP contribution in [-0.4, -0.2) is 50.1 Å². The maximum absolute atomic E-state index is 12.7. The van der Waals surface area contributed by atoms with Crippen LogP contribution in [0.4, 0.5) is 5.69 Å². The molecule has 1 saturated carbocycles. The number of hydrogen-bond donors (Lipinski definition) is 2. The summed E-state index contributed by atoms with van der Waals surface area (Å²) in [5.74, 6) is 1.65. The minimum Gasteiger partial charge on any atom is -0.495 e. The summed E-state index contributed by atoms with van der Waals surface area (Å²) in [5, 5.41) is 6.45. The molecule has 1 aromatic carbocycles. The van der Waals surface area contributed by atoms with Crippen molar-refractivity contribution in [3.8, 4) is 5.75 Å². The van der Waals surface area contributed by atoms with Gasteiger partial charge in [-0.15, -0.1) is 0 Å². The van der Waals surface area contributed by atoms with E-state index >= 15 is 0 Å². The van der Waals surface area contributed by atoms with E-state index in [-0.39, 0.29) is 11.9 Å². The maximum Gasteiger partial charge on any atom is 0.241 e. The largest absolute Gasteiger partial charge is 0.495 e. The van der Waals surface area contributed by atoms with Crippen LogP contribution in [-0.2, 0) is 16.6 Å². The van der Waals surface area contributed by atoms with E-state index in [2.05, 4.69) is 34.7 Å². The Bertz CT molecular complexity index is 773. The Kier molecular flexibility index (Phi) is 4.63. The average molecular weight is 384 g/mol. The zero-order valence-electron chi connectivity index (χ0n) is 17.2. The van der Waals surface area contributed by atoms with Crippen LogP contribution >= 0.6 is 0 Å². The third-order valence-electron chi connectivity index (χ3n) is 8.06. The van der Waals surface area contributed by atoms with Crippen molar-refractivity contribution in [2.75, 3.05) is 32.6 Å². The second-order valence-corrected chi connectivity index (χ2v) is 9.36. The predicted octanol–water partition coefficient (Wildman–Crippen LogP) is 3.07. The number of methoxy groups -OCH3 is 1. The quantitative estimate of drug-likeness (QED) is 0.842. The topological polar surface area (TPSA) is 53.6 Å². The van der Waals surface area contributed by atoms with E-state index in [1.807, 2.05) is 0 Å². The molecule has 3 fully saturated rings. The number of nitrogens with one attached hydrogen (secondary N) is 2. The highest BCUT2D eigenvalue weighted by molar-refractivity contribution is 5.96. The van der Waals surface area contributed by atoms with Gasteiger partial charge in [0.05, 0.1) is 18.8 Å². The van der Waals surface area contributed by atoms with E-state index in [4.69, 9.17) is 4.74 Å². The number of fused-ring (bicyclic) bond motifs is 1. The highest BCUT2D eigenvalue weighted by Gasteiger charge is 2.53. The highest BCUT2D eigenvalue weighted by atomic mass is 16.5. The molecular weight excluding hydrogens is 350 g/mol. The minimum atomic E-state index is -0.0763. The average Bonchev–Trinajstić information content (AvgIpc) is 3.25. The van der Waals surface area contributed by atoms with E-state index in [0.29, 0.717) is 11.5 Å². The molecule has 4 atom stereocenters. The third-order valence-corrected chi connectivity index (χ3v) is 8.06. The first-order chi connectivity index (χ1) is 13.6. The van der Waals surface area contributed by atoms with Crippen LogP contribution in [0, 0.1) is 5.92 Å². The van der Waals surface area contributed by atoms with Crippen LogP contribution in [0.2, 0.25) is 0 Å². The van der Waals surface area contributed by atoms with Gasteiger partial charge in [-0.25, -0.2) is 0 Å². The van der Waals surface area contributed by atoms with Crippen LogP contribution < -0.4 is 15.4 Å². The number of hydrogen-bond acceptors (Lipinski definition) is 4. The van der Waals surface area contributed by atoms with Gasteiger partial charge in [0, 0.05) is 11.5 Å². The van der Waals surface area contributed by atoms with E-state index in [1.165, 1.54) is 49.8 Å². The summed E-state index contributed by atoms with van der Waals surface area (Å²) in [4.78, 5) is 15.3. The second kappa shape index (κ2) is 7.03. The molecule has 2 bridgehead atoms. The summed E-state index contributed by atoms with van der Waals surface area (Å²) in [6.07, 6.45) is 9.67. The minimum absolute atomic E-state index is 0.0672. The standard InChI is InChI=1S/C23H33N3O2/c1-26-11-9-23-8-4-3-6-16(23)20(26)13-15-12-19(21(28-2)14-17(15)23)25-22(27)18-7-5-10-24-18/h12,14,16,18,20,24H,3-11,13H2,1-2H3,(H,25,27)/t16?,18-,20-,23-/m0/s1. The molecule has 1 aromatic rings. The summed E-state index contributed by atoms with van der Waals surface area (Å²) in [6, 6.07) is 5.05. The molecule has 0 aromatic heterocycles. The van der Waals surface area contributed by atoms with Crippen molar-refractivity contribution in [1.29, 1.82) is 0 Å². The van der Waals surface area contributed by atoms with Crippen molar-refractivity contribution < 1.29 is 9.53 Å². The third kappa shape index (κ3) is 2.78. The Labute approximate surface area is 168 Å². The summed E-state index contributed by atoms with van der Waals surface area (Å²) < 4.78 is 5.76. The fraction of sp³-hybridized carbons (Fsp3) is 0.696. The van der Waals surface area contributed by atoms with Gasteiger partial charge in [-0.3, -0.25) is 4.79 Å². The zero-order valence-corrected chi connectivity index (χ0v) is 17.2. The molecular formula is C23H33N3O2. The number of amides is 1. The Morgan fingerprint density at radius 3 is 2.93 bits per heavy atom. The molecule has 2 aliphatic carbocycles. The lowest BCUT2D eigenvalue weighted by molar-refractivity contribution is -0.117. The first kappa shape index (κ1) is 18.4. The number of carbonyl (C=O) groups excluding carboxylic acids is 1. The molecule has 2 heterocycles. The van der Waals surface area contributed by atoms with Crippen LogP contribution in [0.1, 0.15) is 56.1 Å². The molecule has 2 saturated heterocycles. The Hall–Kier alpha value is -1.59. The first-order valence-electron chi connectivity index (χ1n) is 11.1. The van der Waals surface area contributed by atoms with Crippen molar-refractivity contribution in [3.63, 3.8) is 0 Å². The number of likely N-dealkylation sites (N-methyl/N-ethyl adjacent to an activating group) is 1. The monoisotopic (exact) mass is 383 g/mol. The number of nitrogens with zero attached hydrogens (tertiary/aromatic N) is 1. The maximum atomic E-state index is 12.7. The fourth-order valence-corrected chi connectivity index (χ4v) is 6.63. The number of benzene rings is 1. The van der Waals surface area contributed by atoms with Crippen LogP contribution in [0.15, 0.2) is 12.1 Å².